The molecule has 0 saturated heterocycles. The predicted molar refractivity (Wildman–Crippen MR) is 96.0 cm³/mol. The van der Waals surface area contributed by atoms with E-state index in [0.29, 0.717) is 17.9 Å². The molecule has 2 heterocycles. The fourth-order valence-electron chi connectivity index (χ4n) is 2.63. The van der Waals surface area contributed by atoms with E-state index in [1.165, 1.54) is 0 Å². The van der Waals surface area contributed by atoms with Gasteiger partial charge in [0.2, 0.25) is 0 Å². The van der Waals surface area contributed by atoms with Gasteiger partial charge in [0.25, 0.3) is 5.91 Å². The van der Waals surface area contributed by atoms with Gasteiger partial charge in [0.05, 0.1) is 0 Å². The normalized spacial score (nSPS) is 10.6. The predicted octanol–water partition coefficient (Wildman–Crippen LogP) is 2.72. The second-order valence-electron chi connectivity index (χ2n) is 5.65. The summed E-state index contributed by atoms with van der Waals surface area (Å²) in [4.78, 5) is 24.9. The maximum absolute atomic E-state index is 12.2. The highest BCUT2D eigenvalue weighted by atomic mass is 16.1. The minimum atomic E-state index is -0.0677. The largest absolute Gasteiger partial charge is 0.352 e. The Morgan fingerprint density at radius 2 is 1.84 bits per heavy atom. The second-order valence-corrected chi connectivity index (χ2v) is 5.65. The lowest BCUT2D eigenvalue weighted by Gasteiger charge is -2.08. The van der Waals surface area contributed by atoms with E-state index in [-0.39, 0.29) is 5.91 Å². The van der Waals surface area contributed by atoms with Crippen LogP contribution in [0.25, 0.3) is 11.4 Å². The highest BCUT2D eigenvalue weighted by Gasteiger charge is 2.07. The Morgan fingerprint density at radius 3 is 2.56 bits per heavy atom. The summed E-state index contributed by atoms with van der Waals surface area (Å²) in [6.45, 7) is 3.57. The summed E-state index contributed by atoms with van der Waals surface area (Å²) >= 11 is 0. The van der Waals surface area contributed by atoms with Crippen LogP contribution in [0.4, 0.5) is 0 Å². The molecule has 6 nitrogen and oxygen atoms in total. The van der Waals surface area contributed by atoms with E-state index in [0.717, 1.165) is 30.8 Å². The van der Waals surface area contributed by atoms with Crippen LogP contribution < -0.4 is 5.32 Å². The second kappa shape index (κ2) is 8.19. The van der Waals surface area contributed by atoms with E-state index >= 15 is 0 Å². The zero-order chi connectivity index (χ0) is 17.5. The molecule has 0 aliphatic carbocycles. The number of carbonyl (C=O) groups is 1. The molecule has 0 aliphatic heterocycles. The van der Waals surface area contributed by atoms with E-state index in [2.05, 4.69) is 31.8 Å². The van der Waals surface area contributed by atoms with Gasteiger partial charge in [-0.3, -0.25) is 4.79 Å². The molecule has 0 bridgehead atoms. The number of aryl methyl sites for hydroxylation is 2. The molecule has 6 heteroatoms. The van der Waals surface area contributed by atoms with Gasteiger partial charge in [-0.25, -0.2) is 15.0 Å². The van der Waals surface area contributed by atoms with Crippen LogP contribution in [0.2, 0.25) is 0 Å². The number of imidazole rings is 1. The summed E-state index contributed by atoms with van der Waals surface area (Å²) in [5.41, 5.74) is 1.53. The van der Waals surface area contributed by atoms with Crippen molar-refractivity contribution in [2.75, 3.05) is 6.54 Å². The summed E-state index contributed by atoms with van der Waals surface area (Å²) in [5.74, 6) is 1.66. The minimum absolute atomic E-state index is 0.0677. The molecule has 0 saturated carbocycles. The van der Waals surface area contributed by atoms with E-state index in [9.17, 15) is 4.79 Å². The van der Waals surface area contributed by atoms with Crippen LogP contribution in [0, 0.1) is 0 Å². The van der Waals surface area contributed by atoms with Crippen molar-refractivity contribution in [1.82, 2.24) is 24.8 Å². The van der Waals surface area contributed by atoms with Crippen LogP contribution in [-0.2, 0) is 13.0 Å². The fraction of sp³-hybridized carbons (Fsp3) is 0.263. The molecule has 1 N–H and O–H groups in total. The molecular formula is C19H21N5O. The standard InChI is InChI=1S/C19H21N5O/c1-2-17-20-12-14-24(17)13-4-11-23-19(25)16-7-5-15(6-8-16)18-21-9-3-10-22-18/h3,5-10,12,14H,2,4,11,13H2,1H3,(H,23,25). The lowest BCUT2D eigenvalue weighted by atomic mass is 10.1. The van der Waals surface area contributed by atoms with E-state index in [1.54, 1.807) is 30.6 Å². The number of rotatable bonds is 7. The number of nitrogens with zero attached hydrogens (tertiary/aromatic N) is 4. The number of amides is 1. The molecule has 1 amide bonds. The monoisotopic (exact) mass is 335 g/mol. The average molecular weight is 335 g/mol. The highest BCUT2D eigenvalue weighted by Crippen LogP contribution is 2.14. The molecule has 1 aromatic carbocycles. The Kier molecular flexibility index (Phi) is 5.51. The molecule has 0 unspecified atom stereocenters. The molecule has 0 atom stereocenters. The molecular weight excluding hydrogens is 314 g/mol. The molecule has 3 rings (SSSR count). The number of benzene rings is 1. The molecule has 25 heavy (non-hydrogen) atoms. The molecule has 0 spiro atoms. The Morgan fingerprint density at radius 1 is 1.08 bits per heavy atom. The van der Waals surface area contributed by atoms with Crippen LogP contribution in [0.1, 0.15) is 29.5 Å². The van der Waals surface area contributed by atoms with Crippen LogP contribution >= 0.6 is 0 Å². The van der Waals surface area contributed by atoms with Crippen molar-refractivity contribution in [3.63, 3.8) is 0 Å². The summed E-state index contributed by atoms with van der Waals surface area (Å²) < 4.78 is 2.13. The third-order valence-corrected chi connectivity index (χ3v) is 3.95. The van der Waals surface area contributed by atoms with Crippen molar-refractivity contribution in [2.24, 2.45) is 0 Å². The topological polar surface area (TPSA) is 72.7 Å². The maximum Gasteiger partial charge on any atom is 0.251 e. The van der Waals surface area contributed by atoms with Gasteiger partial charge in [0.15, 0.2) is 5.82 Å². The minimum Gasteiger partial charge on any atom is -0.352 e. The zero-order valence-corrected chi connectivity index (χ0v) is 14.2. The first kappa shape index (κ1) is 16.8. The van der Waals surface area contributed by atoms with Crippen LogP contribution in [0.15, 0.2) is 55.1 Å². The highest BCUT2D eigenvalue weighted by molar-refractivity contribution is 5.94. The number of nitrogens with one attached hydrogen (secondary N) is 1. The lowest BCUT2D eigenvalue weighted by molar-refractivity contribution is 0.0952. The lowest BCUT2D eigenvalue weighted by Crippen LogP contribution is -2.25. The first-order valence-corrected chi connectivity index (χ1v) is 8.43. The molecule has 2 aromatic heterocycles. The third-order valence-electron chi connectivity index (χ3n) is 3.95. The van der Waals surface area contributed by atoms with Gasteiger partial charge in [-0.1, -0.05) is 19.1 Å². The van der Waals surface area contributed by atoms with Crippen molar-refractivity contribution >= 4 is 5.91 Å². The number of hydrogen-bond acceptors (Lipinski definition) is 4. The maximum atomic E-state index is 12.2. The van der Waals surface area contributed by atoms with Gasteiger partial charge in [-0.15, -0.1) is 0 Å². The van der Waals surface area contributed by atoms with E-state index in [1.807, 2.05) is 24.5 Å². The summed E-state index contributed by atoms with van der Waals surface area (Å²) in [7, 11) is 0. The van der Waals surface area contributed by atoms with Crippen molar-refractivity contribution in [2.45, 2.75) is 26.3 Å². The van der Waals surface area contributed by atoms with Crippen LogP contribution in [0.5, 0.6) is 0 Å². The van der Waals surface area contributed by atoms with Crippen molar-refractivity contribution in [1.29, 1.82) is 0 Å². The van der Waals surface area contributed by atoms with Crippen molar-refractivity contribution < 1.29 is 4.79 Å². The molecule has 0 fully saturated rings. The van der Waals surface area contributed by atoms with Crippen LogP contribution in [-0.4, -0.2) is 32.0 Å². The van der Waals surface area contributed by atoms with E-state index < -0.39 is 0 Å². The third kappa shape index (κ3) is 4.29. The summed E-state index contributed by atoms with van der Waals surface area (Å²) in [5, 5.41) is 2.95. The molecule has 0 aliphatic rings. The SMILES string of the molecule is CCc1nccn1CCCNC(=O)c1ccc(-c2ncccn2)cc1. The van der Waals surface area contributed by atoms with Crippen molar-refractivity contribution in [3.05, 3.63) is 66.5 Å². The molecule has 128 valence electrons. The van der Waals surface area contributed by atoms with Gasteiger partial charge in [-0.2, -0.15) is 0 Å². The van der Waals surface area contributed by atoms with Gasteiger partial charge < -0.3 is 9.88 Å². The van der Waals surface area contributed by atoms with Gasteiger partial charge in [0, 0.05) is 55.4 Å². The van der Waals surface area contributed by atoms with E-state index in [4.69, 9.17) is 0 Å². The fourth-order valence-corrected chi connectivity index (χ4v) is 2.63. The Hall–Kier alpha value is -3.02. The molecule has 3 aromatic rings. The molecule has 0 radical (unpaired) electrons. The number of carbonyl (C=O) groups excluding carboxylic acids is 1. The summed E-state index contributed by atoms with van der Waals surface area (Å²) in [6, 6.07) is 9.10. The first-order valence-electron chi connectivity index (χ1n) is 8.43. The Balaban J connectivity index is 1.50. The Bertz CT molecular complexity index is 811. The van der Waals surface area contributed by atoms with Crippen LogP contribution in [0.3, 0.4) is 0 Å². The smallest absolute Gasteiger partial charge is 0.251 e. The van der Waals surface area contributed by atoms with Gasteiger partial charge in [-0.05, 0) is 24.6 Å². The zero-order valence-electron chi connectivity index (χ0n) is 14.2. The number of aromatic nitrogens is 4. The summed E-state index contributed by atoms with van der Waals surface area (Å²) in [6.07, 6.45) is 8.97. The first-order chi connectivity index (χ1) is 12.3. The number of hydrogen-bond donors (Lipinski definition) is 1. The Labute approximate surface area is 147 Å². The quantitative estimate of drug-likeness (QED) is 0.674. The van der Waals surface area contributed by atoms with Gasteiger partial charge in [0.1, 0.15) is 5.82 Å². The van der Waals surface area contributed by atoms with Crippen molar-refractivity contribution in [3.8, 4) is 11.4 Å². The van der Waals surface area contributed by atoms with Gasteiger partial charge >= 0.3 is 0 Å². The average Bonchev–Trinajstić information content (AvgIpc) is 3.13.